The van der Waals surface area contributed by atoms with E-state index < -0.39 is 12.1 Å². The topological polar surface area (TPSA) is 192 Å². The molecule has 50 heavy (non-hydrogen) atoms. The number of ether oxygens (including phenoxy) is 1. The lowest BCUT2D eigenvalue weighted by Crippen LogP contribution is -2.48. The van der Waals surface area contributed by atoms with Crippen molar-refractivity contribution < 1.29 is 29.0 Å². The number of carboxylic acid groups (broad SMARTS) is 1. The number of tetrazole rings is 1. The summed E-state index contributed by atoms with van der Waals surface area (Å²) in [5, 5.41) is 31.3. The van der Waals surface area contributed by atoms with Gasteiger partial charge >= 0.3 is 6.09 Å². The van der Waals surface area contributed by atoms with Gasteiger partial charge in [-0.05, 0) is 83.8 Å². The van der Waals surface area contributed by atoms with Crippen LogP contribution >= 0.6 is 0 Å². The fourth-order valence-corrected chi connectivity index (χ4v) is 6.49. The van der Waals surface area contributed by atoms with Gasteiger partial charge in [0.15, 0.2) is 0 Å². The largest absolute Gasteiger partial charge is 0.465 e. The molecule has 14 heteroatoms. The number of carbonyl (C=O) groups excluding carboxylic acids is 3. The molecule has 0 unspecified atom stereocenters. The Morgan fingerprint density at radius 2 is 1.60 bits per heavy atom. The van der Waals surface area contributed by atoms with Crippen molar-refractivity contribution in [2.75, 3.05) is 38.2 Å². The summed E-state index contributed by atoms with van der Waals surface area (Å²) in [6.45, 7) is 2.50. The molecule has 1 saturated heterocycles. The number of nitrogens with one attached hydrogen (secondary N) is 4. The summed E-state index contributed by atoms with van der Waals surface area (Å²) in [6.07, 6.45) is 1.85. The number of hydrogen-bond acceptors (Lipinski definition) is 8. The molecule has 2 fully saturated rings. The Bertz CT molecular complexity index is 1770. The molecule has 4 aromatic rings. The molecular formula is C36H40N8O6. The second-order valence-electron chi connectivity index (χ2n) is 12.6. The highest BCUT2D eigenvalue weighted by Crippen LogP contribution is 2.29. The molecule has 260 valence electrons. The van der Waals surface area contributed by atoms with E-state index in [1.54, 1.807) is 29.2 Å². The van der Waals surface area contributed by atoms with Crippen molar-refractivity contribution >= 4 is 29.5 Å². The summed E-state index contributed by atoms with van der Waals surface area (Å²) in [7, 11) is 0. The van der Waals surface area contributed by atoms with E-state index >= 15 is 0 Å². The van der Waals surface area contributed by atoms with Crippen LogP contribution in [-0.4, -0.2) is 93.3 Å². The molecular weight excluding hydrogens is 640 g/mol. The maximum Gasteiger partial charge on any atom is 0.404 e. The Morgan fingerprint density at radius 1 is 0.900 bits per heavy atom. The molecule has 3 aromatic carbocycles. The molecule has 4 amide bonds. The van der Waals surface area contributed by atoms with Crippen LogP contribution < -0.4 is 16.0 Å². The Morgan fingerprint density at radius 3 is 2.28 bits per heavy atom. The lowest BCUT2D eigenvalue weighted by atomic mass is 9.81. The summed E-state index contributed by atoms with van der Waals surface area (Å²) in [4.78, 5) is 53.3. The zero-order valence-electron chi connectivity index (χ0n) is 27.5. The van der Waals surface area contributed by atoms with Crippen molar-refractivity contribution in [2.24, 2.45) is 11.8 Å². The Labute approximate surface area is 289 Å². The second kappa shape index (κ2) is 16.2. The molecule has 0 spiro atoms. The fourth-order valence-electron chi connectivity index (χ4n) is 6.49. The van der Waals surface area contributed by atoms with E-state index in [0.29, 0.717) is 62.8 Å². The smallest absolute Gasteiger partial charge is 0.404 e. The number of anilines is 1. The molecule has 2 heterocycles. The van der Waals surface area contributed by atoms with Gasteiger partial charge in [-0.1, -0.05) is 42.5 Å². The van der Waals surface area contributed by atoms with E-state index in [2.05, 4.69) is 36.6 Å². The minimum atomic E-state index is -1.05. The number of aromatic nitrogens is 4. The summed E-state index contributed by atoms with van der Waals surface area (Å²) in [5.41, 5.74) is 4.41. The van der Waals surface area contributed by atoms with Gasteiger partial charge in [0.1, 0.15) is 6.04 Å². The maximum atomic E-state index is 13.7. The lowest BCUT2D eigenvalue weighted by Gasteiger charge is -2.29. The molecule has 1 atom stereocenters. The monoisotopic (exact) mass is 680 g/mol. The average Bonchev–Trinajstić information content (AvgIpc) is 3.70. The zero-order valence-corrected chi connectivity index (χ0v) is 27.5. The van der Waals surface area contributed by atoms with Gasteiger partial charge in [-0.25, -0.2) is 4.79 Å². The first-order chi connectivity index (χ1) is 24.3. The predicted octanol–water partition coefficient (Wildman–Crippen LogP) is 3.75. The van der Waals surface area contributed by atoms with Crippen LogP contribution in [0.15, 0.2) is 72.8 Å². The fraction of sp³-hybridized carbons (Fsp3) is 0.361. The average molecular weight is 681 g/mol. The van der Waals surface area contributed by atoms with E-state index in [9.17, 15) is 19.2 Å². The van der Waals surface area contributed by atoms with Crippen LogP contribution in [0.1, 0.15) is 41.6 Å². The van der Waals surface area contributed by atoms with Crippen LogP contribution in [0.25, 0.3) is 22.5 Å². The van der Waals surface area contributed by atoms with Gasteiger partial charge in [-0.15, -0.1) is 10.2 Å². The lowest BCUT2D eigenvalue weighted by molar-refractivity contribution is -0.130. The maximum absolute atomic E-state index is 13.7. The van der Waals surface area contributed by atoms with Crippen molar-refractivity contribution in [3.05, 3.63) is 83.9 Å². The van der Waals surface area contributed by atoms with E-state index in [1.165, 1.54) is 0 Å². The van der Waals surface area contributed by atoms with E-state index in [1.807, 2.05) is 48.5 Å². The van der Waals surface area contributed by atoms with Crippen molar-refractivity contribution in [3.63, 3.8) is 0 Å². The van der Waals surface area contributed by atoms with E-state index in [4.69, 9.17) is 9.84 Å². The molecule has 0 bridgehead atoms. The van der Waals surface area contributed by atoms with Gasteiger partial charge in [-0.2, -0.15) is 5.21 Å². The van der Waals surface area contributed by atoms with Crippen LogP contribution in [0.3, 0.4) is 0 Å². The minimum absolute atomic E-state index is 0.0371. The van der Waals surface area contributed by atoms with Crippen molar-refractivity contribution in [1.82, 2.24) is 36.2 Å². The van der Waals surface area contributed by atoms with Gasteiger partial charge in [0, 0.05) is 48.8 Å². The highest BCUT2D eigenvalue weighted by molar-refractivity contribution is 6.01. The first-order valence-electron chi connectivity index (χ1n) is 16.8. The Balaban J connectivity index is 1.16. The molecule has 0 radical (unpaired) electrons. The summed E-state index contributed by atoms with van der Waals surface area (Å²) in [6, 6.07) is 21.4. The highest BCUT2D eigenvalue weighted by atomic mass is 16.5. The van der Waals surface area contributed by atoms with Gasteiger partial charge in [0.25, 0.3) is 5.91 Å². The number of hydrogen-bond donors (Lipinski definition) is 5. The molecule has 5 N–H and O–H groups in total. The van der Waals surface area contributed by atoms with Crippen LogP contribution in [0.2, 0.25) is 0 Å². The second-order valence-corrected chi connectivity index (χ2v) is 12.6. The third-order valence-corrected chi connectivity index (χ3v) is 9.31. The normalized spacial score (nSPS) is 18.1. The van der Waals surface area contributed by atoms with Crippen LogP contribution in [0.4, 0.5) is 10.5 Å². The number of aromatic amines is 1. The molecule has 1 aliphatic carbocycles. The third-order valence-electron chi connectivity index (χ3n) is 9.31. The Hall–Kier alpha value is -5.63. The SMILES string of the molecule is O=C(O)NC[C@H]1CC[C@H](C(=O)N[C@@H](Cc2ccc(-c3ccccc3C(=O)N3CCOCC3)cc2)C(=O)Nc2ccc(-c3nn[nH]n3)cc2)CC1. The molecule has 6 rings (SSSR count). The first-order valence-corrected chi connectivity index (χ1v) is 16.8. The quantitative estimate of drug-likeness (QED) is 0.157. The summed E-state index contributed by atoms with van der Waals surface area (Å²) >= 11 is 0. The van der Waals surface area contributed by atoms with Crippen molar-refractivity contribution in [1.29, 1.82) is 0 Å². The number of benzene rings is 3. The molecule has 1 aromatic heterocycles. The van der Waals surface area contributed by atoms with Crippen molar-refractivity contribution in [3.8, 4) is 22.5 Å². The minimum Gasteiger partial charge on any atom is -0.465 e. The number of nitrogens with zero attached hydrogens (tertiary/aromatic N) is 4. The number of rotatable bonds is 11. The molecule has 14 nitrogen and oxygen atoms in total. The molecule has 1 saturated carbocycles. The predicted molar refractivity (Wildman–Crippen MR) is 184 cm³/mol. The van der Waals surface area contributed by atoms with Crippen LogP contribution in [0.5, 0.6) is 0 Å². The molecule has 1 aliphatic heterocycles. The number of amides is 4. The highest BCUT2D eigenvalue weighted by Gasteiger charge is 2.30. The third kappa shape index (κ3) is 8.69. The number of carbonyl (C=O) groups is 4. The van der Waals surface area contributed by atoms with Crippen LogP contribution in [0, 0.1) is 11.8 Å². The molecule has 2 aliphatic rings. The standard InChI is InChI=1S/C36H40N8O6/c45-33(27-11-7-24(8-12-27)22-37-36(48)49)39-31(34(46)38-28-15-13-26(14-16-28)32-40-42-43-41-32)21-23-5-9-25(10-6-23)29-3-1-2-4-30(29)35(47)44-17-19-50-20-18-44/h1-6,9-10,13-16,24,27,31,37H,7-8,11-12,17-22H2,(H,38,46)(H,39,45)(H,48,49)(H,40,41,42,43)/t24-,27-,31-/m0/s1. The van der Waals surface area contributed by atoms with E-state index in [0.717, 1.165) is 35.1 Å². The van der Waals surface area contributed by atoms with Gasteiger partial charge in [0.2, 0.25) is 17.6 Å². The van der Waals surface area contributed by atoms with Gasteiger partial charge in [0.05, 0.1) is 13.2 Å². The summed E-state index contributed by atoms with van der Waals surface area (Å²) < 4.78 is 5.42. The summed E-state index contributed by atoms with van der Waals surface area (Å²) in [5.74, 6) is -0.270. The zero-order chi connectivity index (χ0) is 34.9. The van der Waals surface area contributed by atoms with Gasteiger partial charge in [-0.3, -0.25) is 14.4 Å². The van der Waals surface area contributed by atoms with Crippen molar-refractivity contribution in [2.45, 2.75) is 38.1 Å². The number of morpholine rings is 1. The number of H-pyrrole nitrogens is 1. The van der Waals surface area contributed by atoms with E-state index in [-0.39, 0.29) is 36.0 Å². The Kier molecular flexibility index (Phi) is 11.1. The van der Waals surface area contributed by atoms with Gasteiger partial charge < -0.3 is 30.7 Å². The van der Waals surface area contributed by atoms with Crippen LogP contribution in [-0.2, 0) is 20.7 Å². The first kappa shape index (κ1) is 34.2.